The quantitative estimate of drug-likeness (QED) is 0.436. The zero-order valence-corrected chi connectivity index (χ0v) is 17.9. The number of nitrogens with zero attached hydrogens (tertiary/aromatic N) is 3. The molecule has 1 N–H and O–H groups in total. The van der Waals surface area contributed by atoms with Crippen LogP contribution >= 0.6 is 34.3 Å². The van der Waals surface area contributed by atoms with Crippen LogP contribution in [0.4, 0.5) is 5.13 Å². The fourth-order valence-electron chi connectivity index (χ4n) is 2.85. The van der Waals surface area contributed by atoms with Crippen LogP contribution in [0.25, 0.3) is 10.6 Å². The highest BCUT2D eigenvalue weighted by Gasteiger charge is 2.14. The van der Waals surface area contributed by atoms with Crippen LogP contribution in [-0.4, -0.2) is 20.9 Å². The SMILES string of the molecule is Cc1nc(NC(=O)Cc2csc(Cc3cccc(Cl)c3)n2)sc1-c1ccccn1. The largest absolute Gasteiger partial charge is 0.302 e. The molecule has 29 heavy (non-hydrogen) atoms. The second-order valence-electron chi connectivity index (χ2n) is 6.41. The van der Waals surface area contributed by atoms with Crippen LogP contribution in [0.1, 0.15) is 22.0 Å². The van der Waals surface area contributed by atoms with Gasteiger partial charge in [0.25, 0.3) is 0 Å². The molecule has 0 spiro atoms. The monoisotopic (exact) mass is 440 g/mol. The molecule has 1 aromatic carbocycles. The number of carbonyl (C=O) groups excluding carboxylic acids is 1. The Morgan fingerprint density at radius 2 is 2.07 bits per heavy atom. The maximum atomic E-state index is 12.4. The molecular weight excluding hydrogens is 424 g/mol. The third kappa shape index (κ3) is 5.06. The van der Waals surface area contributed by atoms with E-state index in [2.05, 4.69) is 20.3 Å². The number of hydrogen-bond donors (Lipinski definition) is 1. The lowest BCUT2D eigenvalue weighted by atomic mass is 10.2. The number of aryl methyl sites for hydroxylation is 1. The summed E-state index contributed by atoms with van der Waals surface area (Å²) in [4.78, 5) is 26.8. The molecule has 0 fully saturated rings. The lowest BCUT2D eigenvalue weighted by Crippen LogP contribution is -2.14. The van der Waals surface area contributed by atoms with Crippen molar-refractivity contribution < 1.29 is 4.79 Å². The minimum atomic E-state index is -0.133. The average Bonchev–Trinajstić information content (AvgIpc) is 3.28. The highest BCUT2D eigenvalue weighted by Crippen LogP contribution is 2.31. The van der Waals surface area contributed by atoms with Crippen molar-refractivity contribution in [2.45, 2.75) is 19.8 Å². The molecule has 0 unspecified atom stereocenters. The summed E-state index contributed by atoms with van der Waals surface area (Å²) >= 11 is 9.01. The number of aromatic nitrogens is 3. The number of rotatable bonds is 6. The predicted molar refractivity (Wildman–Crippen MR) is 119 cm³/mol. The zero-order chi connectivity index (χ0) is 20.2. The molecule has 0 aliphatic rings. The number of benzene rings is 1. The van der Waals surface area contributed by atoms with E-state index in [9.17, 15) is 4.79 Å². The Kier molecular flexibility index (Phi) is 5.99. The number of anilines is 1. The zero-order valence-electron chi connectivity index (χ0n) is 15.6. The predicted octanol–water partition coefficient (Wildman–Crippen LogP) is 5.40. The van der Waals surface area contributed by atoms with Gasteiger partial charge in [-0.3, -0.25) is 9.78 Å². The van der Waals surface area contributed by atoms with Gasteiger partial charge in [-0.15, -0.1) is 11.3 Å². The topological polar surface area (TPSA) is 67.8 Å². The van der Waals surface area contributed by atoms with Crippen LogP contribution < -0.4 is 5.32 Å². The van der Waals surface area contributed by atoms with Crippen LogP contribution in [-0.2, 0) is 17.6 Å². The van der Waals surface area contributed by atoms with Crippen LogP contribution in [0.3, 0.4) is 0 Å². The highest BCUT2D eigenvalue weighted by atomic mass is 35.5. The first kappa shape index (κ1) is 19.7. The van der Waals surface area contributed by atoms with Crippen molar-refractivity contribution in [3.8, 4) is 10.6 Å². The van der Waals surface area contributed by atoms with Crippen molar-refractivity contribution in [1.82, 2.24) is 15.0 Å². The van der Waals surface area contributed by atoms with Gasteiger partial charge in [0.05, 0.1) is 33.4 Å². The van der Waals surface area contributed by atoms with Gasteiger partial charge in [-0.05, 0) is 36.8 Å². The van der Waals surface area contributed by atoms with Gasteiger partial charge in [0, 0.05) is 23.0 Å². The Hall–Kier alpha value is -2.61. The van der Waals surface area contributed by atoms with Crippen molar-refractivity contribution in [3.63, 3.8) is 0 Å². The van der Waals surface area contributed by atoms with Crippen molar-refractivity contribution >= 4 is 45.3 Å². The van der Waals surface area contributed by atoms with Crippen LogP contribution in [0, 0.1) is 6.92 Å². The summed E-state index contributed by atoms with van der Waals surface area (Å²) in [5.41, 5.74) is 3.56. The summed E-state index contributed by atoms with van der Waals surface area (Å²) in [6.45, 7) is 1.92. The molecule has 1 amide bonds. The van der Waals surface area contributed by atoms with Crippen LogP contribution in [0.2, 0.25) is 5.02 Å². The highest BCUT2D eigenvalue weighted by molar-refractivity contribution is 7.19. The first-order valence-electron chi connectivity index (χ1n) is 8.93. The molecule has 3 aromatic heterocycles. The molecule has 0 aliphatic carbocycles. The molecular formula is C21H17ClN4OS2. The normalized spacial score (nSPS) is 10.8. The van der Waals surface area contributed by atoms with Gasteiger partial charge in [0.15, 0.2) is 5.13 Å². The van der Waals surface area contributed by atoms with Gasteiger partial charge < -0.3 is 5.32 Å². The van der Waals surface area contributed by atoms with Crippen molar-refractivity contribution in [3.05, 3.63) is 81.0 Å². The summed E-state index contributed by atoms with van der Waals surface area (Å²) in [5.74, 6) is -0.133. The summed E-state index contributed by atoms with van der Waals surface area (Å²) in [6.07, 6.45) is 2.66. The Morgan fingerprint density at radius 3 is 2.86 bits per heavy atom. The van der Waals surface area contributed by atoms with Gasteiger partial charge in [0.1, 0.15) is 0 Å². The van der Waals surface area contributed by atoms with E-state index in [0.717, 1.165) is 32.5 Å². The van der Waals surface area contributed by atoms with E-state index < -0.39 is 0 Å². The molecule has 4 rings (SSSR count). The van der Waals surface area contributed by atoms with Gasteiger partial charge in [-0.2, -0.15) is 0 Å². The molecule has 0 aliphatic heterocycles. The second-order valence-corrected chi connectivity index (χ2v) is 8.79. The first-order valence-corrected chi connectivity index (χ1v) is 11.0. The van der Waals surface area contributed by atoms with E-state index in [1.807, 2.05) is 54.8 Å². The molecule has 0 saturated carbocycles. The van der Waals surface area contributed by atoms with Gasteiger partial charge in [-0.1, -0.05) is 41.1 Å². The first-order chi connectivity index (χ1) is 14.1. The van der Waals surface area contributed by atoms with Crippen molar-refractivity contribution in [2.75, 3.05) is 5.32 Å². The maximum Gasteiger partial charge on any atom is 0.232 e. The number of halogens is 1. The molecule has 5 nitrogen and oxygen atoms in total. The van der Waals surface area contributed by atoms with Crippen LogP contribution in [0.5, 0.6) is 0 Å². The molecule has 0 bridgehead atoms. The molecule has 4 aromatic rings. The summed E-state index contributed by atoms with van der Waals surface area (Å²) in [5, 5.41) is 7.04. The lowest BCUT2D eigenvalue weighted by Gasteiger charge is -2.00. The Morgan fingerprint density at radius 1 is 1.17 bits per heavy atom. The minimum Gasteiger partial charge on any atom is -0.302 e. The summed E-state index contributed by atoms with van der Waals surface area (Å²) in [7, 11) is 0. The van der Waals surface area contributed by atoms with E-state index >= 15 is 0 Å². The van der Waals surface area contributed by atoms with Crippen LogP contribution in [0.15, 0.2) is 54.0 Å². The minimum absolute atomic E-state index is 0.133. The standard InChI is InChI=1S/C21H17ClN4OS2/c1-13-20(17-7-2-3-8-23-17)29-21(24-13)26-18(27)11-16-12-28-19(25-16)10-14-5-4-6-15(22)9-14/h2-9,12H,10-11H2,1H3,(H,24,26,27). The number of nitrogens with one attached hydrogen (secondary N) is 1. The number of amides is 1. The average molecular weight is 441 g/mol. The molecule has 8 heteroatoms. The number of pyridine rings is 1. The molecule has 0 atom stereocenters. The Bertz CT molecular complexity index is 1140. The molecule has 146 valence electrons. The smallest absolute Gasteiger partial charge is 0.232 e. The maximum absolute atomic E-state index is 12.4. The number of carbonyl (C=O) groups is 1. The fourth-order valence-corrected chi connectivity index (χ4v) is 4.85. The second kappa shape index (κ2) is 8.82. The van der Waals surface area contributed by atoms with E-state index in [4.69, 9.17) is 11.6 Å². The van der Waals surface area contributed by atoms with Gasteiger partial charge in [0.2, 0.25) is 5.91 Å². The number of thiazole rings is 2. The van der Waals surface area contributed by atoms with E-state index in [-0.39, 0.29) is 12.3 Å². The number of hydrogen-bond acceptors (Lipinski definition) is 6. The molecule has 3 heterocycles. The van der Waals surface area contributed by atoms with Gasteiger partial charge >= 0.3 is 0 Å². The Balaban J connectivity index is 1.39. The molecule has 0 saturated heterocycles. The van der Waals surface area contributed by atoms with E-state index in [1.54, 1.807) is 17.5 Å². The van der Waals surface area contributed by atoms with E-state index in [1.165, 1.54) is 11.3 Å². The van der Waals surface area contributed by atoms with Crippen molar-refractivity contribution in [2.24, 2.45) is 0 Å². The van der Waals surface area contributed by atoms with Crippen molar-refractivity contribution in [1.29, 1.82) is 0 Å². The van der Waals surface area contributed by atoms with E-state index in [0.29, 0.717) is 16.6 Å². The summed E-state index contributed by atoms with van der Waals surface area (Å²) < 4.78 is 0. The lowest BCUT2D eigenvalue weighted by molar-refractivity contribution is -0.115. The Labute approximate surface area is 181 Å². The van der Waals surface area contributed by atoms with Gasteiger partial charge in [-0.25, -0.2) is 9.97 Å². The third-order valence-electron chi connectivity index (χ3n) is 4.13. The summed E-state index contributed by atoms with van der Waals surface area (Å²) in [6, 6.07) is 13.5. The molecule has 0 radical (unpaired) electrons. The third-order valence-corrected chi connectivity index (χ3v) is 6.35. The fraction of sp³-hybridized carbons (Fsp3) is 0.143.